The summed E-state index contributed by atoms with van der Waals surface area (Å²) in [7, 11) is 0. The molecule has 0 unspecified atom stereocenters. The van der Waals surface area contributed by atoms with Crippen molar-refractivity contribution < 1.29 is 0 Å². The Morgan fingerprint density at radius 2 is 2.33 bits per heavy atom. The van der Waals surface area contributed by atoms with Gasteiger partial charge in [-0.1, -0.05) is 12.2 Å². The number of rotatable bonds is 5. The Morgan fingerprint density at radius 1 is 1.50 bits per heavy atom. The van der Waals surface area contributed by atoms with Crippen molar-refractivity contribution in [3.63, 3.8) is 0 Å². The molecule has 0 aromatic carbocycles. The Balaban J connectivity index is 2.05. The van der Waals surface area contributed by atoms with Crippen molar-refractivity contribution in [1.82, 2.24) is 14.5 Å². The smallest absolute Gasteiger partial charge is 0.136 e. The lowest BCUT2D eigenvalue weighted by molar-refractivity contribution is 0.725. The Morgan fingerprint density at radius 3 is 3.00 bits per heavy atom. The number of nitrogens with zero attached hydrogens (tertiary/aromatic N) is 3. The third-order valence-corrected chi connectivity index (χ3v) is 2.83. The molecule has 0 aliphatic rings. The summed E-state index contributed by atoms with van der Waals surface area (Å²) in [6.45, 7) is 3.52. The van der Waals surface area contributed by atoms with Crippen molar-refractivity contribution in [3.05, 3.63) is 42.1 Å². The molecule has 2 aromatic heterocycles. The van der Waals surface area contributed by atoms with E-state index in [1.807, 2.05) is 23.8 Å². The summed E-state index contributed by atoms with van der Waals surface area (Å²) in [5, 5.41) is 3.25. The standard InChI is InChI=1S/C12H15N5S/c1-9-2-3-15-12(10(9)11(13)18)16-5-7-17-6-4-14-8-17/h2-4,6,8H,5,7H2,1H3,(H2,13,18)(H,15,16). The van der Waals surface area contributed by atoms with Gasteiger partial charge in [-0.05, 0) is 18.6 Å². The zero-order chi connectivity index (χ0) is 13.0. The first-order chi connectivity index (χ1) is 8.68. The second-order valence-electron chi connectivity index (χ2n) is 3.94. The molecule has 0 bridgehead atoms. The first-order valence-corrected chi connectivity index (χ1v) is 6.04. The molecule has 2 rings (SSSR count). The number of hydrogen-bond donors (Lipinski definition) is 2. The third-order valence-electron chi connectivity index (χ3n) is 2.63. The fourth-order valence-corrected chi connectivity index (χ4v) is 1.98. The molecule has 0 saturated carbocycles. The molecule has 2 aromatic rings. The predicted molar refractivity (Wildman–Crippen MR) is 75.6 cm³/mol. The quantitative estimate of drug-likeness (QED) is 0.795. The Hall–Kier alpha value is -1.95. The summed E-state index contributed by atoms with van der Waals surface area (Å²) in [5.41, 5.74) is 7.57. The minimum absolute atomic E-state index is 0.366. The normalized spacial score (nSPS) is 10.3. The average molecular weight is 261 g/mol. The lowest BCUT2D eigenvalue weighted by Crippen LogP contribution is -2.18. The van der Waals surface area contributed by atoms with Gasteiger partial charge in [0.1, 0.15) is 10.8 Å². The summed E-state index contributed by atoms with van der Waals surface area (Å²) < 4.78 is 1.99. The second kappa shape index (κ2) is 5.59. The lowest BCUT2D eigenvalue weighted by Gasteiger charge is -2.12. The molecule has 18 heavy (non-hydrogen) atoms. The minimum atomic E-state index is 0.366. The van der Waals surface area contributed by atoms with Crippen molar-refractivity contribution >= 4 is 23.0 Å². The molecule has 0 fully saturated rings. The number of aryl methyl sites for hydroxylation is 1. The molecule has 5 nitrogen and oxygen atoms in total. The van der Waals surface area contributed by atoms with Crippen LogP contribution in [0.1, 0.15) is 11.1 Å². The maximum absolute atomic E-state index is 5.72. The van der Waals surface area contributed by atoms with E-state index in [1.165, 1.54) is 0 Å². The fraction of sp³-hybridized carbons (Fsp3) is 0.250. The molecule has 0 aliphatic carbocycles. The van der Waals surface area contributed by atoms with Crippen LogP contribution < -0.4 is 11.1 Å². The summed E-state index contributed by atoms with van der Waals surface area (Å²) in [5.74, 6) is 0.739. The molecule has 0 saturated heterocycles. The van der Waals surface area contributed by atoms with Gasteiger partial charge in [0, 0.05) is 31.7 Å². The van der Waals surface area contributed by atoms with Crippen molar-refractivity contribution in [2.45, 2.75) is 13.5 Å². The van der Waals surface area contributed by atoms with E-state index in [0.717, 1.165) is 30.0 Å². The predicted octanol–water partition coefficient (Wildman–Crippen LogP) is 1.33. The maximum atomic E-state index is 5.72. The molecule has 0 spiro atoms. The van der Waals surface area contributed by atoms with E-state index in [4.69, 9.17) is 18.0 Å². The van der Waals surface area contributed by atoms with E-state index in [0.29, 0.717) is 4.99 Å². The lowest BCUT2D eigenvalue weighted by atomic mass is 10.1. The van der Waals surface area contributed by atoms with Crippen molar-refractivity contribution in [2.75, 3.05) is 11.9 Å². The highest BCUT2D eigenvalue weighted by atomic mass is 32.1. The zero-order valence-corrected chi connectivity index (χ0v) is 10.9. The largest absolute Gasteiger partial charge is 0.389 e. The Bertz CT molecular complexity index is 535. The van der Waals surface area contributed by atoms with Crippen LogP contribution >= 0.6 is 12.2 Å². The van der Waals surface area contributed by atoms with Gasteiger partial charge in [-0.2, -0.15) is 0 Å². The van der Waals surface area contributed by atoms with Crippen molar-refractivity contribution in [2.24, 2.45) is 5.73 Å². The van der Waals surface area contributed by atoms with Crippen LogP contribution in [0.3, 0.4) is 0 Å². The average Bonchev–Trinajstić information content (AvgIpc) is 2.81. The van der Waals surface area contributed by atoms with E-state index in [9.17, 15) is 0 Å². The first-order valence-electron chi connectivity index (χ1n) is 5.63. The first kappa shape index (κ1) is 12.5. The van der Waals surface area contributed by atoms with Crippen LogP contribution in [0.5, 0.6) is 0 Å². The molecule has 0 amide bonds. The number of hydrogen-bond acceptors (Lipinski definition) is 4. The maximum Gasteiger partial charge on any atom is 0.136 e. The minimum Gasteiger partial charge on any atom is -0.389 e. The number of anilines is 1. The summed E-state index contributed by atoms with van der Waals surface area (Å²) in [4.78, 5) is 8.63. The van der Waals surface area contributed by atoms with E-state index in [1.54, 1.807) is 18.7 Å². The number of imidazole rings is 1. The zero-order valence-electron chi connectivity index (χ0n) is 10.1. The van der Waals surface area contributed by atoms with E-state index in [-0.39, 0.29) is 0 Å². The van der Waals surface area contributed by atoms with Crippen molar-refractivity contribution in [1.29, 1.82) is 0 Å². The number of nitrogens with two attached hydrogens (primary N) is 1. The van der Waals surface area contributed by atoms with Crippen molar-refractivity contribution in [3.8, 4) is 0 Å². The van der Waals surface area contributed by atoms with Gasteiger partial charge in [0.15, 0.2) is 0 Å². The van der Waals surface area contributed by atoms with Crippen LogP contribution in [0.2, 0.25) is 0 Å². The molecule has 2 heterocycles. The topological polar surface area (TPSA) is 68.8 Å². The highest BCUT2D eigenvalue weighted by molar-refractivity contribution is 7.80. The van der Waals surface area contributed by atoms with Crippen LogP contribution in [-0.2, 0) is 6.54 Å². The van der Waals surface area contributed by atoms with Gasteiger partial charge in [-0.3, -0.25) is 0 Å². The summed E-state index contributed by atoms with van der Waals surface area (Å²) >= 11 is 5.05. The van der Waals surface area contributed by atoms with E-state index in [2.05, 4.69) is 15.3 Å². The van der Waals surface area contributed by atoms with Gasteiger partial charge < -0.3 is 15.6 Å². The molecule has 3 N–H and O–H groups in total. The molecular weight excluding hydrogens is 246 g/mol. The molecule has 94 valence electrons. The molecule has 6 heteroatoms. The highest BCUT2D eigenvalue weighted by Crippen LogP contribution is 2.16. The van der Waals surface area contributed by atoms with Crippen LogP contribution in [0.25, 0.3) is 0 Å². The van der Waals surface area contributed by atoms with Crippen LogP contribution in [-0.4, -0.2) is 26.1 Å². The van der Waals surface area contributed by atoms with Gasteiger partial charge >= 0.3 is 0 Å². The summed E-state index contributed by atoms with van der Waals surface area (Å²) in [6.07, 6.45) is 7.20. The van der Waals surface area contributed by atoms with E-state index >= 15 is 0 Å². The number of thiocarbonyl (C=S) groups is 1. The monoisotopic (exact) mass is 261 g/mol. The van der Waals surface area contributed by atoms with Crippen LogP contribution in [0.15, 0.2) is 31.0 Å². The van der Waals surface area contributed by atoms with Gasteiger partial charge in [-0.25, -0.2) is 9.97 Å². The third kappa shape index (κ3) is 2.84. The van der Waals surface area contributed by atoms with Crippen LogP contribution in [0.4, 0.5) is 5.82 Å². The van der Waals surface area contributed by atoms with E-state index < -0.39 is 0 Å². The number of nitrogens with one attached hydrogen (secondary N) is 1. The Labute approximate surface area is 111 Å². The number of aromatic nitrogens is 3. The Kier molecular flexibility index (Phi) is 3.88. The summed E-state index contributed by atoms with van der Waals surface area (Å²) in [6, 6.07) is 1.90. The van der Waals surface area contributed by atoms with Gasteiger partial charge in [-0.15, -0.1) is 0 Å². The number of pyridine rings is 1. The highest BCUT2D eigenvalue weighted by Gasteiger charge is 2.08. The molecular formula is C12H15N5S. The molecule has 0 aliphatic heterocycles. The molecule has 0 atom stereocenters. The fourth-order valence-electron chi connectivity index (χ4n) is 1.73. The SMILES string of the molecule is Cc1ccnc(NCCn2ccnc2)c1C(N)=S. The molecule has 0 radical (unpaired) electrons. The van der Waals surface area contributed by atoms with Gasteiger partial charge in [0.25, 0.3) is 0 Å². The van der Waals surface area contributed by atoms with Gasteiger partial charge in [0.2, 0.25) is 0 Å². The van der Waals surface area contributed by atoms with Gasteiger partial charge in [0.05, 0.1) is 11.9 Å². The van der Waals surface area contributed by atoms with Crippen LogP contribution in [0, 0.1) is 6.92 Å². The second-order valence-corrected chi connectivity index (χ2v) is 4.38.